The summed E-state index contributed by atoms with van der Waals surface area (Å²) in [5.74, 6) is -0.588. The third-order valence-electron chi connectivity index (χ3n) is 1.54. The molecule has 0 aliphatic carbocycles. The zero-order valence-electron chi connectivity index (χ0n) is 7.95. The van der Waals surface area contributed by atoms with Gasteiger partial charge in [-0.3, -0.25) is 0 Å². The maximum absolute atomic E-state index is 10.8. The number of carboxylic acid groups (broad SMARTS) is 1. The Hall–Kier alpha value is -1.03. The van der Waals surface area contributed by atoms with E-state index in [1.54, 1.807) is 12.1 Å². The van der Waals surface area contributed by atoms with Crippen LogP contribution in [0.2, 0.25) is 0 Å². The fourth-order valence-corrected chi connectivity index (χ4v) is 1.36. The molecule has 1 N–H and O–H groups in total. The molecule has 0 heterocycles. The predicted molar refractivity (Wildman–Crippen MR) is 56.9 cm³/mol. The second-order valence-corrected chi connectivity index (χ2v) is 4.03. The van der Waals surface area contributed by atoms with Crippen LogP contribution in [-0.4, -0.2) is 17.2 Å². The van der Waals surface area contributed by atoms with Crippen molar-refractivity contribution in [1.29, 1.82) is 0 Å². The standard InChI is InChI=1S/C10H11BrO3/c1-6(2)14-9-5-7(11)3-4-8(9)10(12)13/h3-6H,1-2H3,(H,12,13). The van der Waals surface area contributed by atoms with E-state index < -0.39 is 5.97 Å². The van der Waals surface area contributed by atoms with E-state index in [9.17, 15) is 4.79 Å². The van der Waals surface area contributed by atoms with E-state index in [1.807, 2.05) is 13.8 Å². The van der Waals surface area contributed by atoms with Gasteiger partial charge in [0.1, 0.15) is 11.3 Å². The molecule has 4 heteroatoms. The van der Waals surface area contributed by atoms with Gasteiger partial charge in [0.05, 0.1) is 6.10 Å². The first-order valence-corrected chi connectivity index (χ1v) is 4.99. The van der Waals surface area contributed by atoms with Crippen LogP contribution in [0.4, 0.5) is 0 Å². The lowest BCUT2D eigenvalue weighted by atomic mass is 10.2. The number of ether oxygens (including phenoxy) is 1. The van der Waals surface area contributed by atoms with Gasteiger partial charge in [-0.15, -0.1) is 0 Å². The van der Waals surface area contributed by atoms with Crippen molar-refractivity contribution in [1.82, 2.24) is 0 Å². The third-order valence-corrected chi connectivity index (χ3v) is 2.03. The minimum atomic E-state index is -0.979. The average Bonchev–Trinajstić information content (AvgIpc) is 2.01. The van der Waals surface area contributed by atoms with Crippen LogP contribution in [0.3, 0.4) is 0 Å². The summed E-state index contributed by atoms with van der Waals surface area (Å²) in [7, 11) is 0. The first-order valence-electron chi connectivity index (χ1n) is 4.20. The molecular formula is C10H11BrO3. The molecule has 76 valence electrons. The summed E-state index contributed by atoms with van der Waals surface area (Å²) in [6, 6.07) is 4.85. The number of aromatic carboxylic acids is 1. The SMILES string of the molecule is CC(C)Oc1cc(Br)ccc1C(=O)O. The molecule has 0 unspecified atom stereocenters. The molecule has 3 nitrogen and oxygen atoms in total. The number of hydrogen-bond donors (Lipinski definition) is 1. The van der Waals surface area contributed by atoms with Crippen molar-refractivity contribution in [2.24, 2.45) is 0 Å². The van der Waals surface area contributed by atoms with Gasteiger partial charge in [0, 0.05) is 4.47 Å². The molecule has 1 aromatic carbocycles. The topological polar surface area (TPSA) is 46.5 Å². The fourth-order valence-electron chi connectivity index (χ4n) is 1.02. The van der Waals surface area contributed by atoms with Crippen LogP contribution in [0, 0.1) is 0 Å². The molecule has 0 aromatic heterocycles. The summed E-state index contributed by atoms with van der Waals surface area (Å²) in [4.78, 5) is 10.8. The number of hydrogen-bond acceptors (Lipinski definition) is 2. The molecule has 0 saturated heterocycles. The highest BCUT2D eigenvalue weighted by Crippen LogP contribution is 2.24. The van der Waals surface area contributed by atoms with Crippen LogP contribution in [0.5, 0.6) is 5.75 Å². The molecule has 0 radical (unpaired) electrons. The van der Waals surface area contributed by atoms with Gasteiger partial charge in [-0.25, -0.2) is 4.79 Å². The summed E-state index contributed by atoms with van der Waals surface area (Å²) >= 11 is 3.26. The Morgan fingerprint density at radius 2 is 2.14 bits per heavy atom. The van der Waals surface area contributed by atoms with Gasteiger partial charge in [-0.1, -0.05) is 15.9 Å². The summed E-state index contributed by atoms with van der Waals surface area (Å²) in [6.07, 6.45) is -0.0394. The largest absolute Gasteiger partial charge is 0.490 e. The van der Waals surface area contributed by atoms with Gasteiger partial charge in [-0.05, 0) is 32.0 Å². The second-order valence-electron chi connectivity index (χ2n) is 3.11. The zero-order chi connectivity index (χ0) is 10.7. The van der Waals surface area contributed by atoms with E-state index >= 15 is 0 Å². The molecule has 0 bridgehead atoms. The fraction of sp³-hybridized carbons (Fsp3) is 0.300. The molecule has 0 aliphatic rings. The van der Waals surface area contributed by atoms with Crippen molar-refractivity contribution in [3.63, 3.8) is 0 Å². The van der Waals surface area contributed by atoms with Crippen LogP contribution in [0.25, 0.3) is 0 Å². The van der Waals surface area contributed by atoms with Gasteiger partial charge >= 0.3 is 5.97 Å². The van der Waals surface area contributed by atoms with Gasteiger partial charge < -0.3 is 9.84 Å². The molecule has 0 aliphatic heterocycles. The lowest BCUT2D eigenvalue weighted by Crippen LogP contribution is -2.09. The Bertz CT molecular complexity index is 347. The lowest BCUT2D eigenvalue weighted by molar-refractivity contribution is 0.0690. The first kappa shape index (κ1) is 11.0. The van der Waals surface area contributed by atoms with Crippen molar-refractivity contribution in [3.8, 4) is 5.75 Å². The van der Waals surface area contributed by atoms with Crippen molar-refractivity contribution in [2.75, 3.05) is 0 Å². The average molecular weight is 259 g/mol. The highest BCUT2D eigenvalue weighted by atomic mass is 79.9. The Balaban J connectivity index is 3.09. The molecule has 1 aromatic rings. The van der Waals surface area contributed by atoms with E-state index in [-0.39, 0.29) is 11.7 Å². The van der Waals surface area contributed by atoms with Crippen molar-refractivity contribution in [2.45, 2.75) is 20.0 Å². The highest BCUT2D eigenvalue weighted by molar-refractivity contribution is 9.10. The Labute approximate surface area is 90.8 Å². The van der Waals surface area contributed by atoms with Crippen LogP contribution < -0.4 is 4.74 Å². The maximum atomic E-state index is 10.8. The summed E-state index contributed by atoms with van der Waals surface area (Å²) < 4.78 is 6.18. The molecular weight excluding hydrogens is 248 g/mol. The monoisotopic (exact) mass is 258 g/mol. The highest BCUT2D eigenvalue weighted by Gasteiger charge is 2.12. The number of benzene rings is 1. The van der Waals surface area contributed by atoms with Crippen molar-refractivity contribution >= 4 is 21.9 Å². The van der Waals surface area contributed by atoms with Gasteiger partial charge in [0.2, 0.25) is 0 Å². The summed E-state index contributed by atoms with van der Waals surface area (Å²) in [5.41, 5.74) is 0.182. The van der Waals surface area contributed by atoms with E-state index in [4.69, 9.17) is 9.84 Å². The lowest BCUT2D eigenvalue weighted by Gasteiger charge is -2.12. The number of carboxylic acids is 1. The van der Waals surface area contributed by atoms with Gasteiger partial charge in [0.15, 0.2) is 0 Å². The Kier molecular flexibility index (Phi) is 3.52. The first-order chi connectivity index (χ1) is 6.50. The zero-order valence-corrected chi connectivity index (χ0v) is 9.54. The van der Waals surface area contributed by atoms with Crippen LogP contribution >= 0.6 is 15.9 Å². The minimum Gasteiger partial charge on any atom is -0.490 e. The summed E-state index contributed by atoms with van der Waals surface area (Å²) in [6.45, 7) is 3.71. The molecule has 0 spiro atoms. The van der Waals surface area contributed by atoms with E-state index in [0.29, 0.717) is 5.75 Å². The molecule has 14 heavy (non-hydrogen) atoms. The molecule has 0 saturated carbocycles. The van der Waals surface area contributed by atoms with Crippen LogP contribution in [-0.2, 0) is 0 Å². The number of rotatable bonds is 3. The smallest absolute Gasteiger partial charge is 0.339 e. The Morgan fingerprint density at radius 1 is 1.50 bits per heavy atom. The molecule has 0 atom stereocenters. The van der Waals surface area contributed by atoms with Crippen molar-refractivity contribution < 1.29 is 14.6 Å². The van der Waals surface area contributed by atoms with Gasteiger partial charge in [-0.2, -0.15) is 0 Å². The van der Waals surface area contributed by atoms with Crippen LogP contribution in [0.15, 0.2) is 22.7 Å². The Morgan fingerprint density at radius 3 is 2.64 bits per heavy atom. The third kappa shape index (κ3) is 2.73. The van der Waals surface area contributed by atoms with E-state index in [0.717, 1.165) is 4.47 Å². The van der Waals surface area contributed by atoms with Gasteiger partial charge in [0.25, 0.3) is 0 Å². The predicted octanol–water partition coefficient (Wildman–Crippen LogP) is 2.93. The minimum absolute atomic E-state index is 0.0394. The van der Waals surface area contributed by atoms with Crippen LogP contribution in [0.1, 0.15) is 24.2 Å². The van der Waals surface area contributed by atoms with E-state index in [1.165, 1.54) is 6.07 Å². The number of halogens is 1. The number of carbonyl (C=O) groups is 1. The molecule has 0 fully saturated rings. The maximum Gasteiger partial charge on any atom is 0.339 e. The molecule has 0 amide bonds. The molecule has 1 rings (SSSR count). The van der Waals surface area contributed by atoms with Crippen molar-refractivity contribution in [3.05, 3.63) is 28.2 Å². The summed E-state index contributed by atoms with van der Waals surface area (Å²) in [5, 5.41) is 8.87. The van der Waals surface area contributed by atoms with E-state index in [2.05, 4.69) is 15.9 Å². The second kappa shape index (κ2) is 4.46. The normalized spacial score (nSPS) is 10.3. The quantitative estimate of drug-likeness (QED) is 0.907.